The fourth-order valence-electron chi connectivity index (χ4n) is 1.38. The Morgan fingerprint density at radius 2 is 1.70 bits per heavy atom. The Balaban J connectivity index is 2.48. The molecule has 1 aromatic heterocycles. The zero-order chi connectivity index (χ0) is 15.0. The van der Waals surface area contributed by atoms with Gasteiger partial charge in [-0.2, -0.15) is 26.3 Å². The minimum absolute atomic E-state index is 0.255. The monoisotopic (exact) mass is 297 g/mol. The van der Waals surface area contributed by atoms with E-state index in [9.17, 15) is 26.3 Å². The number of nitrogens with zero attached hydrogens (tertiary/aromatic N) is 1. The molecule has 0 saturated carbocycles. The minimum Gasteiger partial charge on any atom is -0.424 e. The maximum absolute atomic E-state index is 12.7. The average Bonchev–Trinajstić information content (AvgIpc) is 2.79. The highest BCUT2D eigenvalue weighted by Crippen LogP contribution is 2.41. The molecule has 0 aliphatic heterocycles. The topological polar surface area (TPSA) is 35.3 Å². The summed E-state index contributed by atoms with van der Waals surface area (Å²) in [6.45, 7) is 0. The lowest BCUT2D eigenvalue weighted by molar-refractivity contribution is -0.142. The van der Waals surface area contributed by atoms with E-state index in [0.717, 1.165) is 12.6 Å². The van der Waals surface area contributed by atoms with Crippen molar-refractivity contribution in [1.29, 1.82) is 0 Å². The van der Waals surface area contributed by atoms with Crippen molar-refractivity contribution in [3.63, 3.8) is 0 Å². The van der Waals surface area contributed by atoms with Gasteiger partial charge in [-0.3, -0.25) is 0 Å². The van der Waals surface area contributed by atoms with Crippen LogP contribution in [0.4, 0.5) is 26.3 Å². The van der Waals surface area contributed by atoms with Gasteiger partial charge in [-0.15, -0.1) is 0 Å². The lowest BCUT2D eigenvalue weighted by Crippen LogP contribution is -2.10. The molecule has 108 valence electrons. The molecule has 0 bridgehead atoms. The van der Waals surface area contributed by atoms with Crippen molar-refractivity contribution in [2.24, 2.45) is 0 Å². The van der Waals surface area contributed by atoms with Crippen molar-refractivity contribution in [2.45, 2.75) is 12.4 Å². The van der Waals surface area contributed by atoms with Crippen molar-refractivity contribution >= 4 is 0 Å². The zero-order valence-electron chi connectivity index (χ0n) is 9.42. The number of hydrogen-bond donors (Lipinski definition) is 0. The molecule has 0 aliphatic carbocycles. The van der Waals surface area contributed by atoms with Gasteiger partial charge in [-0.25, -0.2) is 4.98 Å². The Labute approximate surface area is 107 Å². The second-order valence-electron chi connectivity index (χ2n) is 3.63. The fourth-order valence-corrected chi connectivity index (χ4v) is 1.38. The van der Waals surface area contributed by atoms with Gasteiger partial charge in [-0.05, 0) is 18.2 Å². The van der Waals surface area contributed by atoms with E-state index in [1.54, 1.807) is 0 Å². The molecule has 0 spiro atoms. The molecule has 9 heteroatoms. The SMILES string of the molecule is FC(F)(F)c1ccc(C(F)(F)F)c(Oc2cnco2)c1. The minimum atomic E-state index is -4.86. The van der Waals surface area contributed by atoms with Crippen molar-refractivity contribution in [3.05, 3.63) is 41.9 Å². The van der Waals surface area contributed by atoms with Gasteiger partial charge >= 0.3 is 18.3 Å². The van der Waals surface area contributed by atoms with Crippen molar-refractivity contribution in [1.82, 2.24) is 4.98 Å². The number of aromatic nitrogens is 1. The standard InChI is InChI=1S/C11H5F6NO2/c12-10(13,14)6-1-2-7(11(15,16)17)8(3-6)20-9-4-18-5-19-9/h1-5H. The first-order valence-electron chi connectivity index (χ1n) is 5.03. The third kappa shape index (κ3) is 3.03. The van der Waals surface area contributed by atoms with Crippen LogP contribution in [0.3, 0.4) is 0 Å². The molecule has 0 atom stereocenters. The molecule has 2 aromatic rings. The molecule has 0 fully saturated rings. The van der Waals surface area contributed by atoms with Crippen LogP contribution in [0.1, 0.15) is 11.1 Å². The zero-order valence-corrected chi connectivity index (χ0v) is 9.42. The summed E-state index contributed by atoms with van der Waals surface area (Å²) in [7, 11) is 0. The second kappa shape index (κ2) is 4.73. The average molecular weight is 297 g/mol. The highest BCUT2D eigenvalue weighted by atomic mass is 19.4. The molecule has 0 amide bonds. The number of rotatable bonds is 2. The molecule has 3 nitrogen and oxygen atoms in total. The molecule has 0 aliphatic rings. The largest absolute Gasteiger partial charge is 0.424 e. The predicted molar refractivity (Wildman–Crippen MR) is 53.0 cm³/mol. The van der Waals surface area contributed by atoms with E-state index in [4.69, 9.17) is 0 Å². The summed E-state index contributed by atoms with van der Waals surface area (Å²) in [6, 6.07) is 0.885. The van der Waals surface area contributed by atoms with Crippen molar-refractivity contribution in [3.8, 4) is 11.7 Å². The molecule has 0 unspecified atom stereocenters. The first-order chi connectivity index (χ1) is 9.18. The Hall–Kier alpha value is -2.19. The number of ether oxygens (including phenoxy) is 1. The summed E-state index contributed by atoms with van der Waals surface area (Å²) in [4.78, 5) is 3.39. The van der Waals surface area contributed by atoms with Crippen LogP contribution in [-0.2, 0) is 12.4 Å². The van der Waals surface area contributed by atoms with Crippen molar-refractivity contribution in [2.75, 3.05) is 0 Å². The summed E-state index contributed by atoms with van der Waals surface area (Å²) in [5, 5.41) is 0. The molecule has 0 saturated heterocycles. The summed E-state index contributed by atoms with van der Waals surface area (Å²) >= 11 is 0. The van der Waals surface area contributed by atoms with E-state index in [0.29, 0.717) is 12.1 Å². The van der Waals surface area contributed by atoms with Gasteiger partial charge in [0.25, 0.3) is 0 Å². The summed E-state index contributed by atoms with van der Waals surface area (Å²) in [6.07, 6.45) is -7.85. The van der Waals surface area contributed by atoms with E-state index in [1.165, 1.54) is 0 Å². The molecule has 20 heavy (non-hydrogen) atoms. The Morgan fingerprint density at radius 3 is 2.20 bits per heavy atom. The Morgan fingerprint density at radius 1 is 1.00 bits per heavy atom. The lowest BCUT2D eigenvalue weighted by atomic mass is 10.1. The molecule has 0 N–H and O–H groups in total. The van der Waals surface area contributed by atoms with Crippen LogP contribution in [-0.4, -0.2) is 4.98 Å². The molecule has 2 rings (SSSR count). The van der Waals surface area contributed by atoms with E-state index in [2.05, 4.69) is 14.1 Å². The second-order valence-corrected chi connectivity index (χ2v) is 3.63. The summed E-state index contributed by atoms with van der Waals surface area (Å²) in [5.41, 5.74) is -2.61. The molecular formula is C11H5F6NO2. The maximum Gasteiger partial charge on any atom is 0.419 e. The normalized spacial score (nSPS) is 12.5. The first kappa shape index (κ1) is 14.2. The van der Waals surface area contributed by atoms with Gasteiger partial charge in [0.1, 0.15) is 11.9 Å². The van der Waals surface area contributed by atoms with Crippen LogP contribution in [0.25, 0.3) is 0 Å². The fraction of sp³-hybridized carbons (Fsp3) is 0.182. The summed E-state index contributed by atoms with van der Waals surface area (Å²) < 4.78 is 84.8. The van der Waals surface area contributed by atoms with Crippen LogP contribution in [0.5, 0.6) is 11.7 Å². The van der Waals surface area contributed by atoms with Crippen LogP contribution >= 0.6 is 0 Å². The van der Waals surface area contributed by atoms with E-state index < -0.39 is 35.2 Å². The van der Waals surface area contributed by atoms with Gasteiger partial charge in [0.2, 0.25) is 0 Å². The first-order valence-corrected chi connectivity index (χ1v) is 5.03. The van der Waals surface area contributed by atoms with Gasteiger partial charge in [0, 0.05) is 0 Å². The third-order valence-electron chi connectivity index (χ3n) is 2.23. The van der Waals surface area contributed by atoms with Crippen LogP contribution in [0, 0.1) is 0 Å². The van der Waals surface area contributed by atoms with Crippen LogP contribution < -0.4 is 4.74 Å². The molecule has 0 radical (unpaired) electrons. The van der Waals surface area contributed by atoms with Gasteiger partial charge < -0.3 is 9.15 Å². The highest BCUT2D eigenvalue weighted by Gasteiger charge is 2.38. The molecular weight excluding hydrogens is 292 g/mol. The number of benzene rings is 1. The Kier molecular flexibility index (Phi) is 3.36. The van der Waals surface area contributed by atoms with Gasteiger partial charge in [0.15, 0.2) is 6.39 Å². The molecule has 1 aromatic carbocycles. The smallest absolute Gasteiger partial charge is 0.419 e. The summed E-state index contributed by atoms with van der Waals surface area (Å²) in [5.74, 6) is -1.46. The Bertz CT molecular complexity index is 588. The molecule has 1 heterocycles. The van der Waals surface area contributed by atoms with E-state index >= 15 is 0 Å². The maximum atomic E-state index is 12.7. The van der Waals surface area contributed by atoms with Crippen LogP contribution in [0.15, 0.2) is 35.2 Å². The number of halogens is 6. The lowest BCUT2D eigenvalue weighted by Gasteiger charge is -2.14. The van der Waals surface area contributed by atoms with Crippen molar-refractivity contribution < 1.29 is 35.5 Å². The number of hydrogen-bond acceptors (Lipinski definition) is 3. The van der Waals surface area contributed by atoms with Crippen LogP contribution in [0.2, 0.25) is 0 Å². The van der Waals surface area contributed by atoms with E-state index in [-0.39, 0.29) is 6.07 Å². The van der Waals surface area contributed by atoms with Gasteiger partial charge in [-0.1, -0.05) is 0 Å². The quantitative estimate of drug-likeness (QED) is 0.765. The highest BCUT2D eigenvalue weighted by molar-refractivity contribution is 5.41. The third-order valence-corrected chi connectivity index (χ3v) is 2.23. The van der Waals surface area contributed by atoms with E-state index in [1.807, 2.05) is 0 Å². The predicted octanol–water partition coefficient (Wildman–Crippen LogP) is 4.50. The number of alkyl halides is 6. The number of oxazole rings is 1. The van der Waals surface area contributed by atoms with Gasteiger partial charge in [0.05, 0.1) is 11.1 Å².